The number of nitrogens with two attached hydrogens (primary N) is 1. The molecule has 0 fully saturated rings. The number of nitrogens with one attached hydrogen (secondary N) is 1. The van der Waals surface area contributed by atoms with E-state index in [9.17, 15) is 9.18 Å². The quantitative estimate of drug-likeness (QED) is 0.813. The van der Waals surface area contributed by atoms with Gasteiger partial charge in [0.25, 0.3) is 0 Å². The van der Waals surface area contributed by atoms with Gasteiger partial charge in [0.2, 0.25) is 5.91 Å². The van der Waals surface area contributed by atoms with E-state index >= 15 is 0 Å². The van der Waals surface area contributed by atoms with E-state index in [2.05, 4.69) is 10.3 Å². The van der Waals surface area contributed by atoms with E-state index in [0.717, 1.165) is 0 Å². The van der Waals surface area contributed by atoms with E-state index in [0.29, 0.717) is 5.69 Å². The van der Waals surface area contributed by atoms with Gasteiger partial charge in [-0.1, -0.05) is 0 Å². The third-order valence-electron chi connectivity index (χ3n) is 2.62. The molecule has 1 unspecified atom stereocenters. The Balaban J connectivity index is 2.09. The fraction of sp³-hybridized carbons (Fsp3) is 0.167. The highest BCUT2D eigenvalue weighted by Gasteiger charge is 2.14. The molecule has 1 atom stereocenters. The summed E-state index contributed by atoms with van der Waals surface area (Å²) in [4.78, 5) is 15.8. The van der Waals surface area contributed by atoms with Crippen LogP contribution < -0.4 is 11.1 Å². The van der Waals surface area contributed by atoms with Gasteiger partial charge >= 0.3 is 0 Å². The Morgan fingerprint density at radius 2 is 2.33 bits per heavy atom. The number of halogens is 1. The van der Waals surface area contributed by atoms with Gasteiger partial charge in [-0.05, 0) is 25.1 Å². The summed E-state index contributed by atoms with van der Waals surface area (Å²) in [6.45, 7) is 1.74. The molecule has 0 aliphatic rings. The van der Waals surface area contributed by atoms with Gasteiger partial charge in [-0.15, -0.1) is 0 Å². The van der Waals surface area contributed by atoms with Gasteiger partial charge < -0.3 is 15.6 Å². The molecule has 3 N–H and O–H groups in total. The molecule has 0 spiro atoms. The van der Waals surface area contributed by atoms with Gasteiger partial charge in [-0.2, -0.15) is 0 Å². The van der Waals surface area contributed by atoms with E-state index in [-0.39, 0.29) is 11.6 Å². The van der Waals surface area contributed by atoms with Crippen LogP contribution in [-0.2, 0) is 4.79 Å². The van der Waals surface area contributed by atoms with Crippen molar-refractivity contribution in [1.29, 1.82) is 0 Å². The first-order valence-corrected chi connectivity index (χ1v) is 5.41. The second-order valence-corrected chi connectivity index (χ2v) is 3.91. The Labute approximate surface area is 103 Å². The number of aromatic nitrogens is 2. The Morgan fingerprint density at radius 3 is 2.94 bits per heavy atom. The number of nitrogens with zero attached hydrogens (tertiary/aromatic N) is 2. The van der Waals surface area contributed by atoms with E-state index in [1.54, 1.807) is 30.2 Å². The van der Waals surface area contributed by atoms with Crippen molar-refractivity contribution in [3.8, 4) is 0 Å². The molecule has 0 bridgehead atoms. The third-order valence-corrected chi connectivity index (χ3v) is 2.62. The molecule has 1 heterocycles. The van der Waals surface area contributed by atoms with E-state index in [1.165, 1.54) is 18.2 Å². The molecule has 94 valence electrons. The Hall–Kier alpha value is -2.37. The molecular formula is C12H13FN4O. The molecule has 0 aliphatic carbocycles. The average molecular weight is 248 g/mol. The molecule has 1 amide bonds. The van der Waals surface area contributed by atoms with Crippen molar-refractivity contribution < 1.29 is 9.18 Å². The molecule has 0 saturated heterocycles. The third kappa shape index (κ3) is 2.48. The maximum Gasteiger partial charge on any atom is 0.247 e. The Morgan fingerprint density at radius 1 is 1.56 bits per heavy atom. The SMILES string of the molecule is CC(C(=O)Nc1ccc(F)c(N)c1)n1ccnc1. The fourth-order valence-corrected chi connectivity index (χ4v) is 1.50. The van der Waals surface area contributed by atoms with Crippen molar-refractivity contribution in [3.05, 3.63) is 42.7 Å². The zero-order valence-corrected chi connectivity index (χ0v) is 9.80. The van der Waals surface area contributed by atoms with Crippen LogP contribution in [-0.4, -0.2) is 15.5 Å². The minimum Gasteiger partial charge on any atom is -0.396 e. The van der Waals surface area contributed by atoms with Crippen LogP contribution in [0.2, 0.25) is 0 Å². The largest absolute Gasteiger partial charge is 0.396 e. The van der Waals surface area contributed by atoms with Crippen molar-refractivity contribution >= 4 is 17.3 Å². The van der Waals surface area contributed by atoms with Crippen LogP contribution in [0, 0.1) is 5.82 Å². The lowest BCUT2D eigenvalue weighted by Gasteiger charge is -2.13. The van der Waals surface area contributed by atoms with E-state index < -0.39 is 11.9 Å². The molecule has 2 aromatic rings. The average Bonchev–Trinajstić information content (AvgIpc) is 2.86. The molecule has 0 saturated carbocycles. The minimum absolute atomic E-state index is 0.00286. The topological polar surface area (TPSA) is 72.9 Å². The molecule has 6 heteroatoms. The van der Waals surface area contributed by atoms with Crippen molar-refractivity contribution in [2.24, 2.45) is 0 Å². The van der Waals surface area contributed by atoms with Crippen molar-refractivity contribution in [1.82, 2.24) is 9.55 Å². The van der Waals surface area contributed by atoms with Gasteiger partial charge in [0.1, 0.15) is 11.9 Å². The second-order valence-electron chi connectivity index (χ2n) is 3.91. The number of benzene rings is 1. The summed E-state index contributed by atoms with van der Waals surface area (Å²) < 4.78 is 14.6. The van der Waals surface area contributed by atoms with E-state index in [1.807, 2.05) is 0 Å². The summed E-state index contributed by atoms with van der Waals surface area (Å²) in [5.41, 5.74) is 5.89. The van der Waals surface area contributed by atoms with Crippen LogP contribution in [0.25, 0.3) is 0 Å². The van der Waals surface area contributed by atoms with Gasteiger partial charge in [0.05, 0.1) is 12.0 Å². The van der Waals surface area contributed by atoms with Crippen LogP contribution in [0.4, 0.5) is 15.8 Å². The summed E-state index contributed by atoms with van der Waals surface area (Å²) in [6, 6.07) is 3.66. The molecule has 1 aromatic heterocycles. The summed E-state index contributed by atoms with van der Waals surface area (Å²) in [6.07, 6.45) is 4.85. The molecule has 0 radical (unpaired) electrons. The highest BCUT2D eigenvalue weighted by molar-refractivity contribution is 5.93. The Bertz CT molecular complexity index is 553. The second kappa shape index (κ2) is 4.87. The predicted octanol–water partition coefficient (Wildman–Crippen LogP) is 1.80. The minimum atomic E-state index is -0.504. The highest BCUT2D eigenvalue weighted by atomic mass is 19.1. The number of carbonyl (C=O) groups is 1. The summed E-state index contributed by atoms with van der Waals surface area (Å²) in [5, 5.41) is 2.66. The monoisotopic (exact) mass is 248 g/mol. The number of imidazole rings is 1. The van der Waals surface area contributed by atoms with Crippen LogP contribution >= 0.6 is 0 Å². The first kappa shape index (κ1) is 12.1. The summed E-state index contributed by atoms with van der Waals surface area (Å²) >= 11 is 0. The van der Waals surface area contributed by atoms with Crippen LogP contribution in [0.5, 0.6) is 0 Å². The Kier molecular flexibility index (Phi) is 3.27. The lowest BCUT2D eigenvalue weighted by atomic mass is 10.2. The van der Waals surface area contributed by atoms with Gasteiger partial charge in [-0.25, -0.2) is 9.37 Å². The highest BCUT2D eigenvalue weighted by Crippen LogP contribution is 2.17. The standard InChI is InChI=1S/C12H13FN4O/c1-8(17-5-4-15-7-17)12(18)16-9-2-3-10(13)11(14)6-9/h2-8H,14H2,1H3,(H,16,18). The van der Waals surface area contributed by atoms with Crippen molar-refractivity contribution in [2.75, 3.05) is 11.1 Å². The smallest absolute Gasteiger partial charge is 0.247 e. The van der Waals surface area contributed by atoms with Crippen LogP contribution in [0.3, 0.4) is 0 Å². The van der Waals surface area contributed by atoms with Crippen molar-refractivity contribution in [2.45, 2.75) is 13.0 Å². The summed E-state index contributed by atoms with van der Waals surface area (Å²) in [5.74, 6) is -0.727. The maximum atomic E-state index is 13.0. The number of nitrogen functional groups attached to an aromatic ring is 1. The molecule has 1 aromatic carbocycles. The molecule has 18 heavy (non-hydrogen) atoms. The first-order valence-electron chi connectivity index (χ1n) is 5.41. The van der Waals surface area contributed by atoms with Crippen LogP contribution in [0.15, 0.2) is 36.9 Å². The van der Waals surface area contributed by atoms with Gasteiger partial charge in [-0.3, -0.25) is 4.79 Å². The summed E-state index contributed by atoms with van der Waals surface area (Å²) in [7, 11) is 0. The first-order chi connectivity index (χ1) is 8.58. The zero-order valence-electron chi connectivity index (χ0n) is 9.80. The maximum absolute atomic E-state index is 13.0. The fourth-order valence-electron chi connectivity index (χ4n) is 1.50. The van der Waals surface area contributed by atoms with Gasteiger partial charge in [0, 0.05) is 18.1 Å². The van der Waals surface area contributed by atoms with Crippen molar-refractivity contribution in [3.63, 3.8) is 0 Å². The number of carbonyl (C=O) groups excluding carboxylic acids is 1. The number of anilines is 2. The molecule has 5 nitrogen and oxygen atoms in total. The molecule has 2 rings (SSSR count). The number of hydrogen-bond acceptors (Lipinski definition) is 3. The lowest BCUT2D eigenvalue weighted by molar-refractivity contribution is -0.118. The number of rotatable bonds is 3. The molecular weight excluding hydrogens is 235 g/mol. The van der Waals surface area contributed by atoms with Crippen LogP contribution in [0.1, 0.15) is 13.0 Å². The number of amides is 1. The lowest BCUT2D eigenvalue weighted by Crippen LogP contribution is -2.22. The molecule has 0 aliphatic heterocycles. The normalized spacial score (nSPS) is 12.1. The predicted molar refractivity (Wildman–Crippen MR) is 66.4 cm³/mol. The number of hydrogen-bond donors (Lipinski definition) is 2. The zero-order chi connectivity index (χ0) is 13.1. The van der Waals surface area contributed by atoms with E-state index in [4.69, 9.17) is 5.73 Å². The van der Waals surface area contributed by atoms with Gasteiger partial charge in [0.15, 0.2) is 0 Å².